The summed E-state index contributed by atoms with van der Waals surface area (Å²) in [6, 6.07) is 5.77. The van der Waals surface area contributed by atoms with E-state index in [4.69, 9.17) is 5.11 Å². The molecule has 0 heterocycles. The summed E-state index contributed by atoms with van der Waals surface area (Å²) in [6.45, 7) is 3.49. The molecule has 0 spiro atoms. The Balaban J connectivity index is 2.33. The summed E-state index contributed by atoms with van der Waals surface area (Å²) < 4.78 is 1.04. The highest BCUT2D eigenvalue weighted by molar-refractivity contribution is 9.10. The van der Waals surface area contributed by atoms with Crippen LogP contribution in [0.2, 0.25) is 0 Å². The molecule has 4 nitrogen and oxygen atoms in total. The maximum Gasteiger partial charge on any atom is 0.238 e. The van der Waals surface area contributed by atoms with Crippen LogP contribution < -0.4 is 5.32 Å². The number of unbranched alkanes of at least 4 members (excludes halogenated alkanes) is 2. The topological polar surface area (TPSA) is 52.6 Å². The number of amides is 1. The average molecular weight is 343 g/mol. The summed E-state index contributed by atoms with van der Waals surface area (Å²) in [5.74, 6) is -0.00335. The molecular formula is C15H23BrN2O2. The van der Waals surface area contributed by atoms with Crippen LogP contribution in [0.15, 0.2) is 22.7 Å². The van der Waals surface area contributed by atoms with E-state index in [0.29, 0.717) is 6.54 Å². The van der Waals surface area contributed by atoms with Crippen molar-refractivity contribution >= 4 is 27.5 Å². The summed E-state index contributed by atoms with van der Waals surface area (Å²) >= 11 is 3.44. The fourth-order valence-electron chi connectivity index (χ4n) is 1.92. The number of nitrogens with one attached hydrogen (secondary N) is 1. The predicted molar refractivity (Wildman–Crippen MR) is 85.9 cm³/mol. The minimum Gasteiger partial charge on any atom is -0.396 e. The fraction of sp³-hybridized carbons (Fsp3) is 0.533. The fourth-order valence-corrected chi connectivity index (χ4v) is 2.16. The lowest BCUT2D eigenvalue weighted by Gasteiger charge is -2.16. The smallest absolute Gasteiger partial charge is 0.238 e. The Morgan fingerprint density at radius 1 is 1.35 bits per heavy atom. The van der Waals surface area contributed by atoms with Gasteiger partial charge in [0.2, 0.25) is 5.91 Å². The first-order valence-corrected chi connectivity index (χ1v) is 7.67. The number of carbonyl (C=O) groups is 1. The van der Waals surface area contributed by atoms with Crippen molar-refractivity contribution in [1.82, 2.24) is 4.90 Å². The van der Waals surface area contributed by atoms with Gasteiger partial charge in [0.1, 0.15) is 0 Å². The van der Waals surface area contributed by atoms with Gasteiger partial charge < -0.3 is 10.4 Å². The molecule has 0 saturated heterocycles. The molecule has 0 saturated carbocycles. The van der Waals surface area contributed by atoms with Crippen molar-refractivity contribution in [3.63, 3.8) is 0 Å². The molecule has 1 aromatic rings. The lowest BCUT2D eigenvalue weighted by atomic mass is 10.2. The number of nitrogens with zero attached hydrogens (tertiary/aromatic N) is 1. The number of anilines is 1. The Labute approximate surface area is 129 Å². The molecule has 1 aromatic carbocycles. The zero-order chi connectivity index (χ0) is 15.0. The SMILES string of the molecule is Cc1cc(NC(=O)CN(C)CCCCCO)ccc1Br. The number of rotatable bonds is 8. The summed E-state index contributed by atoms with van der Waals surface area (Å²) in [5, 5.41) is 11.6. The van der Waals surface area contributed by atoms with Crippen molar-refractivity contribution < 1.29 is 9.90 Å². The number of likely N-dealkylation sites (N-methyl/N-ethyl adjacent to an activating group) is 1. The van der Waals surface area contributed by atoms with Crippen LogP contribution in [-0.4, -0.2) is 42.7 Å². The molecule has 0 unspecified atom stereocenters. The number of hydrogen-bond donors (Lipinski definition) is 2. The molecule has 0 aliphatic carbocycles. The maximum atomic E-state index is 11.9. The van der Waals surface area contributed by atoms with E-state index in [9.17, 15) is 4.79 Å². The van der Waals surface area contributed by atoms with Gasteiger partial charge in [-0.3, -0.25) is 9.69 Å². The third kappa shape index (κ3) is 6.50. The molecule has 0 bridgehead atoms. The van der Waals surface area contributed by atoms with E-state index in [-0.39, 0.29) is 12.5 Å². The minimum atomic E-state index is -0.00335. The highest BCUT2D eigenvalue weighted by atomic mass is 79.9. The number of benzene rings is 1. The molecular weight excluding hydrogens is 320 g/mol. The van der Waals surface area contributed by atoms with Gasteiger partial charge in [-0.15, -0.1) is 0 Å². The second-order valence-corrected chi connectivity index (χ2v) is 5.89. The van der Waals surface area contributed by atoms with Crippen LogP contribution in [0.4, 0.5) is 5.69 Å². The predicted octanol–water partition coefficient (Wildman–Crippen LogP) is 2.79. The average Bonchev–Trinajstić information content (AvgIpc) is 2.39. The molecule has 0 aliphatic rings. The third-order valence-corrected chi connectivity index (χ3v) is 3.94. The zero-order valence-electron chi connectivity index (χ0n) is 12.2. The molecule has 0 aromatic heterocycles. The van der Waals surface area contributed by atoms with Crippen LogP contribution in [0.5, 0.6) is 0 Å². The lowest BCUT2D eigenvalue weighted by molar-refractivity contribution is -0.117. The van der Waals surface area contributed by atoms with Crippen molar-refractivity contribution in [3.8, 4) is 0 Å². The first-order chi connectivity index (χ1) is 9.52. The number of halogens is 1. The number of aliphatic hydroxyl groups excluding tert-OH is 1. The van der Waals surface area contributed by atoms with Gasteiger partial charge in [-0.25, -0.2) is 0 Å². The van der Waals surface area contributed by atoms with Gasteiger partial charge in [0, 0.05) is 16.8 Å². The summed E-state index contributed by atoms with van der Waals surface area (Å²) in [6.07, 6.45) is 2.83. The van der Waals surface area contributed by atoms with Crippen LogP contribution in [0.1, 0.15) is 24.8 Å². The second-order valence-electron chi connectivity index (χ2n) is 5.03. The van der Waals surface area contributed by atoms with Crippen molar-refractivity contribution in [3.05, 3.63) is 28.2 Å². The molecule has 0 aliphatic heterocycles. The van der Waals surface area contributed by atoms with E-state index >= 15 is 0 Å². The second kappa shape index (κ2) is 9.10. The van der Waals surface area contributed by atoms with E-state index in [1.807, 2.05) is 37.1 Å². The minimum absolute atomic E-state index is 0.00335. The third-order valence-electron chi connectivity index (χ3n) is 3.05. The molecule has 0 atom stereocenters. The van der Waals surface area contributed by atoms with Crippen LogP contribution >= 0.6 is 15.9 Å². The Morgan fingerprint density at radius 3 is 2.75 bits per heavy atom. The van der Waals surface area contributed by atoms with E-state index in [1.54, 1.807) is 0 Å². The van der Waals surface area contributed by atoms with Crippen molar-refractivity contribution in [2.45, 2.75) is 26.2 Å². The van der Waals surface area contributed by atoms with E-state index in [0.717, 1.165) is 41.5 Å². The van der Waals surface area contributed by atoms with Gasteiger partial charge in [0.25, 0.3) is 0 Å². The van der Waals surface area contributed by atoms with E-state index in [1.165, 1.54) is 0 Å². The lowest BCUT2D eigenvalue weighted by Crippen LogP contribution is -2.30. The quantitative estimate of drug-likeness (QED) is 0.714. The molecule has 5 heteroatoms. The Bertz CT molecular complexity index is 438. The molecule has 112 valence electrons. The van der Waals surface area contributed by atoms with Crippen molar-refractivity contribution in [1.29, 1.82) is 0 Å². The van der Waals surface area contributed by atoms with Crippen LogP contribution in [0.3, 0.4) is 0 Å². The van der Waals surface area contributed by atoms with Gasteiger partial charge >= 0.3 is 0 Å². The molecule has 0 radical (unpaired) electrons. The number of aliphatic hydroxyl groups is 1. The zero-order valence-corrected chi connectivity index (χ0v) is 13.7. The molecule has 20 heavy (non-hydrogen) atoms. The Kier molecular flexibility index (Phi) is 7.80. The largest absolute Gasteiger partial charge is 0.396 e. The highest BCUT2D eigenvalue weighted by Gasteiger charge is 2.07. The summed E-state index contributed by atoms with van der Waals surface area (Å²) in [4.78, 5) is 13.9. The van der Waals surface area contributed by atoms with E-state index < -0.39 is 0 Å². The van der Waals surface area contributed by atoms with Gasteiger partial charge in [0.15, 0.2) is 0 Å². The number of aryl methyl sites for hydroxylation is 1. The van der Waals surface area contributed by atoms with Crippen LogP contribution in [0, 0.1) is 6.92 Å². The van der Waals surface area contributed by atoms with Gasteiger partial charge in [-0.1, -0.05) is 15.9 Å². The summed E-state index contributed by atoms with van der Waals surface area (Å²) in [7, 11) is 1.94. The molecule has 1 amide bonds. The maximum absolute atomic E-state index is 11.9. The van der Waals surface area contributed by atoms with Gasteiger partial charge in [-0.05, 0) is 63.5 Å². The van der Waals surface area contributed by atoms with Crippen molar-refractivity contribution in [2.24, 2.45) is 0 Å². The molecule has 1 rings (SSSR count). The Hall–Kier alpha value is -0.910. The Morgan fingerprint density at radius 2 is 2.10 bits per heavy atom. The van der Waals surface area contributed by atoms with Gasteiger partial charge in [0.05, 0.1) is 6.54 Å². The number of hydrogen-bond acceptors (Lipinski definition) is 3. The van der Waals surface area contributed by atoms with Gasteiger partial charge in [-0.2, -0.15) is 0 Å². The van der Waals surface area contributed by atoms with Crippen LogP contribution in [-0.2, 0) is 4.79 Å². The monoisotopic (exact) mass is 342 g/mol. The summed E-state index contributed by atoms with van der Waals surface area (Å²) in [5.41, 5.74) is 1.92. The van der Waals surface area contributed by atoms with Crippen LogP contribution in [0.25, 0.3) is 0 Å². The van der Waals surface area contributed by atoms with Crippen molar-refractivity contribution in [2.75, 3.05) is 32.1 Å². The van der Waals surface area contributed by atoms with E-state index in [2.05, 4.69) is 21.2 Å². The first-order valence-electron chi connectivity index (χ1n) is 6.88. The molecule has 2 N–H and O–H groups in total. The first kappa shape index (κ1) is 17.1. The highest BCUT2D eigenvalue weighted by Crippen LogP contribution is 2.19. The molecule has 0 fully saturated rings. The normalized spacial score (nSPS) is 10.8. The standard InChI is InChI=1S/C15H23BrN2O2/c1-12-10-13(6-7-14(12)16)17-15(20)11-18(2)8-4-3-5-9-19/h6-7,10,19H,3-5,8-9,11H2,1-2H3,(H,17,20). The number of carbonyl (C=O) groups excluding carboxylic acids is 1.